The fourth-order valence-electron chi connectivity index (χ4n) is 1.47. The second-order valence-electron chi connectivity index (χ2n) is 3.76. The summed E-state index contributed by atoms with van der Waals surface area (Å²) in [6.45, 7) is 0. The van der Waals surface area contributed by atoms with Crippen LogP contribution in [0.25, 0.3) is 0 Å². The van der Waals surface area contributed by atoms with E-state index in [1.165, 1.54) is 11.8 Å². The zero-order valence-corrected chi connectivity index (χ0v) is 12.3. The molecule has 0 fully saturated rings. The lowest BCUT2D eigenvalue weighted by Crippen LogP contribution is -2.15. The average molecular weight is 294 g/mol. The Morgan fingerprint density at radius 1 is 1.42 bits per heavy atom. The molecule has 1 N–H and O–H groups in total. The van der Waals surface area contributed by atoms with Crippen molar-refractivity contribution in [3.63, 3.8) is 0 Å². The molecule has 1 aromatic heterocycles. The number of aromatic nitrogens is 3. The third kappa shape index (κ3) is 3.74. The van der Waals surface area contributed by atoms with Crippen molar-refractivity contribution in [2.45, 2.75) is 10.1 Å². The van der Waals surface area contributed by atoms with E-state index in [9.17, 15) is 4.79 Å². The topological polar surface area (TPSA) is 59.8 Å². The van der Waals surface area contributed by atoms with Gasteiger partial charge in [-0.2, -0.15) is 0 Å². The third-order valence-electron chi connectivity index (χ3n) is 2.38. The van der Waals surface area contributed by atoms with E-state index in [1.807, 2.05) is 37.6 Å². The lowest BCUT2D eigenvalue weighted by atomic mass is 10.3. The summed E-state index contributed by atoms with van der Waals surface area (Å²) < 4.78 is 1.79. The molecule has 1 heterocycles. The highest BCUT2D eigenvalue weighted by molar-refractivity contribution is 7.99. The lowest BCUT2D eigenvalue weighted by molar-refractivity contribution is -0.113. The van der Waals surface area contributed by atoms with E-state index in [2.05, 4.69) is 15.5 Å². The molecule has 1 aromatic carbocycles. The minimum Gasteiger partial charge on any atom is -0.324 e. The van der Waals surface area contributed by atoms with Crippen molar-refractivity contribution in [3.05, 3.63) is 30.6 Å². The summed E-state index contributed by atoms with van der Waals surface area (Å²) in [5.74, 6) is 0.268. The molecule has 0 spiro atoms. The molecule has 100 valence electrons. The molecule has 0 saturated heterocycles. The molecular formula is C12H14N4OS2. The van der Waals surface area contributed by atoms with Crippen LogP contribution in [0.3, 0.4) is 0 Å². The number of thioether (sulfide) groups is 2. The summed E-state index contributed by atoms with van der Waals surface area (Å²) in [6, 6.07) is 7.74. The van der Waals surface area contributed by atoms with Crippen molar-refractivity contribution in [1.82, 2.24) is 14.8 Å². The van der Waals surface area contributed by atoms with E-state index in [0.717, 1.165) is 15.7 Å². The molecule has 0 radical (unpaired) electrons. The van der Waals surface area contributed by atoms with Crippen molar-refractivity contribution in [3.8, 4) is 0 Å². The molecule has 0 bridgehead atoms. The van der Waals surface area contributed by atoms with Crippen LogP contribution >= 0.6 is 23.5 Å². The van der Waals surface area contributed by atoms with Gasteiger partial charge in [-0.05, 0) is 18.4 Å². The number of anilines is 1. The van der Waals surface area contributed by atoms with Crippen molar-refractivity contribution in [2.75, 3.05) is 17.3 Å². The van der Waals surface area contributed by atoms with Gasteiger partial charge in [-0.15, -0.1) is 22.0 Å². The largest absolute Gasteiger partial charge is 0.324 e. The van der Waals surface area contributed by atoms with Crippen LogP contribution in [0.1, 0.15) is 0 Å². The van der Waals surface area contributed by atoms with Gasteiger partial charge in [-0.25, -0.2) is 0 Å². The third-order valence-corrected chi connectivity index (χ3v) is 4.21. The summed E-state index contributed by atoms with van der Waals surface area (Å²) in [5.41, 5.74) is 0.846. The number of nitrogens with one attached hydrogen (secondary N) is 1. The number of carbonyl (C=O) groups excluding carboxylic acids is 1. The highest BCUT2D eigenvalue weighted by Crippen LogP contribution is 2.25. The average Bonchev–Trinajstić information content (AvgIpc) is 2.82. The predicted molar refractivity (Wildman–Crippen MR) is 78.6 cm³/mol. The van der Waals surface area contributed by atoms with Gasteiger partial charge >= 0.3 is 0 Å². The van der Waals surface area contributed by atoms with Gasteiger partial charge in [-0.3, -0.25) is 4.79 Å². The quantitative estimate of drug-likeness (QED) is 0.857. The molecule has 0 aliphatic carbocycles. The SMILES string of the molecule is CSc1ccccc1NC(=O)CSc1nncn1C. The molecule has 0 aliphatic heterocycles. The van der Waals surface area contributed by atoms with Gasteiger partial charge in [0.15, 0.2) is 5.16 Å². The summed E-state index contributed by atoms with van der Waals surface area (Å²) >= 11 is 2.97. The van der Waals surface area contributed by atoms with Crippen LogP contribution < -0.4 is 5.32 Å². The maximum atomic E-state index is 11.9. The number of amides is 1. The molecule has 2 rings (SSSR count). The number of hydrogen-bond donors (Lipinski definition) is 1. The first-order chi connectivity index (χ1) is 9.20. The number of benzene rings is 1. The van der Waals surface area contributed by atoms with E-state index >= 15 is 0 Å². The van der Waals surface area contributed by atoms with Gasteiger partial charge in [0, 0.05) is 11.9 Å². The van der Waals surface area contributed by atoms with Crippen LogP contribution in [-0.4, -0.2) is 32.7 Å². The number of nitrogens with zero attached hydrogens (tertiary/aromatic N) is 3. The minimum atomic E-state index is -0.0468. The minimum absolute atomic E-state index is 0.0468. The second-order valence-corrected chi connectivity index (χ2v) is 5.55. The smallest absolute Gasteiger partial charge is 0.234 e. The van der Waals surface area contributed by atoms with Crippen LogP contribution in [-0.2, 0) is 11.8 Å². The first-order valence-electron chi connectivity index (χ1n) is 5.60. The number of hydrogen-bond acceptors (Lipinski definition) is 5. The summed E-state index contributed by atoms with van der Waals surface area (Å²) in [4.78, 5) is 12.9. The molecule has 0 atom stereocenters. The van der Waals surface area contributed by atoms with Crippen molar-refractivity contribution in [1.29, 1.82) is 0 Å². The number of rotatable bonds is 5. The Balaban J connectivity index is 1.93. The van der Waals surface area contributed by atoms with Gasteiger partial charge in [0.1, 0.15) is 6.33 Å². The van der Waals surface area contributed by atoms with Crippen LogP contribution in [0.2, 0.25) is 0 Å². The molecule has 2 aromatic rings. The number of carbonyl (C=O) groups is 1. The van der Waals surface area contributed by atoms with Crippen molar-refractivity contribution < 1.29 is 4.79 Å². The van der Waals surface area contributed by atoms with Crippen molar-refractivity contribution >= 4 is 35.1 Å². The normalized spacial score (nSPS) is 10.4. The first-order valence-corrected chi connectivity index (χ1v) is 7.81. The summed E-state index contributed by atoms with van der Waals surface area (Å²) in [5, 5.41) is 11.3. The molecule has 0 aliphatic rings. The maximum absolute atomic E-state index is 11.9. The van der Waals surface area contributed by atoms with Gasteiger partial charge in [-0.1, -0.05) is 23.9 Å². The Labute approximate surface area is 120 Å². The molecule has 1 amide bonds. The maximum Gasteiger partial charge on any atom is 0.234 e. The van der Waals surface area contributed by atoms with E-state index in [0.29, 0.717) is 5.75 Å². The Morgan fingerprint density at radius 2 is 2.21 bits per heavy atom. The standard InChI is InChI=1S/C12H14N4OS2/c1-16-8-13-15-12(16)19-7-11(17)14-9-5-3-4-6-10(9)18-2/h3-6,8H,7H2,1-2H3,(H,14,17). The Kier molecular flexibility index (Phi) is 4.86. The second kappa shape index (κ2) is 6.63. The Hall–Kier alpha value is -1.47. The highest BCUT2D eigenvalue weighted by atomic mass is 32.2. The van der Waals surface area contributed by atoms with Crippen LogP contribution in [0.4, 0.5) is 5.69 Å². The monoisotopic (exact) mass is 294 g/mol. The van der Waals surface area contributed by atoms with Gasteiger partial charge < -0.3 is 9.88 Å². The van der Waals surface area contributed by atoms with Gasteiger partial charge in [0.05, 0.1) is 11.4 Å². The van der Waals surface area contributed by atoms with Crippen LogP contribution in [0, 0.1) is 0 Å². The molecule has 7 heteroatoms. The Morgan fingerprint density at radius 3 is 2.89 bits per heavy atom. The van der Waals surface area contributed by atoms with Crippen molar-refractivity contribution in [2.24, 2.45) is 7.05 Å². The Bertz CT molecular complexity index is 570. The number of para-hydroxylation sites is 1. The van der Waals surface area contributed by atoms with E-state index < -0.39 is 0 Å². The van der Waals surface area contributed by atoms with Crippen LogP contribution in [0.5, 0.6) is 0 Å². The predicted octanol–water partition coefficient (Wildman–Crippen LogP) is 2.27. The zero-order chi connectivity index (χ0) is 13.7. The van der Waals surface area contributed by atoms with Crippen LogP contribution in [0.15, 0.2) is 40.6 Å². The van der Waals surface area contributed by atoms with Gasteiger partial charge in [0.25, 0.3) is 0 Å². The molecule has 0 saturated carbocycles. The van der Waals surface area contributed by atoms with E-state index in [-0.39, 0.29) is 5.91 Å². The van der Waals surface area contributed by atoms with E-state index in [1.54, 1.807) is 22.7 Å². The summed E-state index contributed by atoms with van der Waals surface area (Å²) in [6.07, 6.45) is 3.60. The number of aryl methyl sites for hydroxylation is 1. The fraction of sp³-hybridized carbons (Fsp3) is 0.250. The highest BCUT2D eigenvalue weighted by Gasteiger charge is 2.08. The lowest BCUT2D eigenvalue weighted by Gasteiger charge is -2.08. The zero-order valence-electron chi connectivity index (χ0n) is 10.7. The van der Waals surface area contributed by atoms with Gasteiger partial charge in [0.2, 0.25) is 5.91 Å². The molecule has 19 heavy (non-hydrogen) atoms. The molecular weight excluding hydrogens is 280 g/mol. The molecule has 0 unspecified atom stereocenters. The summed E-state index contributed by atoms with van der Waals surface area (Å²) in [7, 11) is 1.85. The fourth-order valence-corrected chi connectivity index (χ4v) is 2.71. The van der Waals surface area contributed by atoms with E-state index in [4.69, 9.17) is 0 Å². The molecule has 5 nitrogen and oxygen atoms in total. The first kappa shape index (κ1) is 14.0.